The van der Waals surface area contributed by atoms with Gasteiger partial charge in [-0.25, -0.2) is 0 Å². The molecular formula is C14H20O8. The largest absolute Gasteiger partial charge is 0.504 e. The number of hydrogen-bond donors (Lipinski definition) is 6. The molecule has 0 spiro atoms. The van der Waals surface area contributed by atoms with E-state index in [1.807, 2.05) is 0 Å². The number of hydrogen-bond acceptors (Lipinski definition) is 8. The fourth-order valence-electron chi connectivity index (χ4n) is 2.24. The lowest BCUT2D eigenvalue weighted by molar-refractivity contribution is -0.277. The third-order valence-corrected chi connectivity index (χ3v) is 3.52. The van der Waals surface area contributed by atoms with Gasteiger partial charge in [-0.2, -0.15) is 0 Å². The van der Waals surface area contributed by atoms with Gasteiger partial charge in [0.1, 0.15) is 24.4 Å². The second-order valence-corrected chi connectivity index (χ2v) is 5.09. The number of aromatic hydroxyl groups is 1. The van der Waals surface area contributed by atoms with Crippen LogP contribution in [0.5, 0.6) is 11.5 Å². The molecule has 6 N–H and O–H groups in total. The Hall–Kier alpha value is -1.42. The molecular weight excluding hydrogens is 296 g/mol. The number of benzene rings is 1. The van der Waals surface area contributed by atoms with Crippen LogP contribution in [0.1, 0.15) is 5.56 Å². The van der Waals surface area contributed by atoms with Crippen LogP contribution < -0.4 is 4.74 Å². The normalized spacial score (nSPS) is 32.0. The van der Waals surface area contributed by atoms with Crippen molar-refractivity contribution in [2.45, 2.75) is 37.1 Å². The Morgan fingerprint density at radius 1 is 1.05 bits per heavy atom. The van der Waals surface area contributed by atoms with Crippen molar-refractivity contribution < 1.29 is 40.1 Å². The molecule has 1 aliphatic heterocycles. The summed E-state index contributed by atoms with van der Waals surface area (Å²) >= 11 is 0. The summed E-state index contributed by atoms with van der Waals surface area (Å²) in [5, 5.41) is 57.0. The van der Waals surface area contributed by atoms with E-state index in [1.54, 1.807) is 6.07 Å². The Morgan fingerprint density at radius 2 is 1.77 bits per heavy atom. The van der Waals surface area contributed by atoms with E-state index in [1.165, 1.54) is 12.1 Å². The van der Waals surface area contributed by atoms with Gasteiger partial charge < -0.3 is 40.1 Å². The second kappa shape index (κ2) is 7.23. The molecule has 8 heteroatoms. The Balaban J connectivity index is 2.12. The highest BCUT2D eigenvalue weighted by Gasteiger charge is 2.44. The van der Waals surface area contributed by atoms with E-state index in [2.05, 4.69) is 0 Å². The molecule has 2 rings (SSSR count). The van der Waals surface area contributed by atoms with Gasteiger partial charge in [0.25, 0.3) is 0 Å². The standard InChI is InChI=1S/C14H20O8/c15-4-3-7-1-2-9(8(17)5-7)21-14-13(20)12(19)11(18)10(6-16)22-14/h1-2,5,10-20H,3-4,6H2/t10-,11+,12+,13-,14-/m1/s1. The zero-order valence-electron chi connectivity index (χ0n) is 11.7. The highest BCUT2D eigenvalue weighted by atomic mass is 16.7. The molecule has 1 aromatic carbocycles. The molecule has 8 nitrogen and oxygen atoms in total. The van der Waals surface area contributed by atoms with Gasteiger partial charge in [-0.15, -0.1) is 0 Å². The molecule has 124 valence electrons. The minimum absolute atomic E-state index is 0.00557. The third-order valence-electron chi connectivity index (χ3n) is 3.52. The van der Waals surface area contributed by atoms with Crippen LogP contribution in [0.25, 0.3) is 0 Å². The predicted octanol–water partition coefficient (Wildman–Crippen LogP) is -1.89. The zero-order valence-corrected chi connectivity index (χ0v) is 11.7. The molecule has 0 unspecified atom stereocenters. The van der Waals surface area contributed by atoms with E-state index < -0.39 is 37.3 Å². The first-order valence-corrected chi connectivity index (χ1v) is 6.88. The monoisotopic (exact) mass is 316 g/mol. The van der Waals surface area contributed by atoms with E-state index in [0.717, 1.165) is 0 Å². The van der Waals surface area contributed by atoms with Gasteiger partial charge in [0.15, 0.2) is 11.5 Å². The first-order valence-electron chi connectivity index (χ1n) is 6.88. The predicted molar refractivity (Wildman–Crippen MR) is 73.3 cm³/mol. The average molecular weight is 316 g/mol. The van der Waals surface area contributed by atoms with Crippen LogP contribution in [-0.4, -0.2) is 74.6 Å². The molecule has 0 bridgehead atoms. The molecule has 1 aromatic rings. The Morgan fingerprint density at radius 3 is 2.36 bits per heavy atom. The molecule has 0 saturated carbocycles. The summed E-state index contributed by atoms with van der Waals surface area (Å²) in [4.78, 5) is 0. The van der Waals surface area contributed by atoms with Gasteiger partial charge in [-0.1, -0.05) is 6.07 Å². The maximum Gasteiger partial charge on any atom is 0.229 e. The van der Waals surface area contributed by atoms with Crippen LogP contribution in [0.4, 0.5) is 0 Å². The van der Waals surface area contributed by atoms with Crippen molar-refractivity contribution in [1.82, 2.24) is 0 Å². The highest BCUT2D eigenvalue weighted by molar-refractivity contribution is 5.42. The van der Waals surface area contributed by atoms with Crippen molar-refractivity contribution in [2.75, 3.05) is 13.2 Å². The fraction of sp³-hybridized carbons (Fsp3) is 0.571. The van der Waals surface area contributed by atoms with Crippen LogP contribution in [0.2, 0.25) is 0 Å². The molecule has 0 radical (unpaired) electrons. The lowest BCUT2D eigenvalue weighted by Gasteiger charge is -2.39. The summed E-state index contributed by atoms with van der Waals surface area (Å²) in [7, 11) is 0. The van der Waals surface area contributed by atoms with E-state index in [-0.39, 0.29) is 18.1 Å². The maximum absolute atomic E-state index is 9.87. The van der Waals surface area contributed by atoms with Gasteiger partial charge in [0, 0.05) is 6.61 Å². The number of aliphatic hydroxyl groups is 5. The van der Waals surface area contributed by atoms with Crippen molar-refractivity contribution in [1.29, 1.82) is 0 Å². The molecule has 0 aliphatic carbocycles. The van der Waals surface area contributed by atoms with Gasteiger partial charge in [-0.05, 0) is 24.1 Å². The van der Waals surface area contributed by atoms with Gasteiger partial charge in [0.2, 0.25) is 6.29 Å². The minimum Gasteiger partial charge on any atom is -0.504 e. The zero-order chi connectivity index (χ0) is 16.3. The van der Waals surface area contributed by atoms with Crippen LogP contribution in [-0.2, 0) is 11.2 Å². The number of phenolic OH excluding ortho intramolecular Hbond substituents is 1. The lowest BCUT2D eigenvalue weighted by atomic mass is 9.99. The summed E-state index contributed by atoms with van der Waals surface area (Å²) in [6, 6.07) is 4.45. The molecule has 1 saturated heterocycles. The summed E-state index contributed by atoms with van der Waals surface area (Å²) in [5.74, 6) is -0.214. The van der Waals surface area contributed by atoms with E-state index in [0.29, 0.717) is 12.0 Å². The van der Waals surface area contributed by atoms with E-state index in [4.69, 9.17) is 19.7 Å². The Kier molecular flexibility index (Phi) is 5.57. The summed E-state index contributed by atoms with van der Waals surface area (Å²) < 4.78 is 10.5. The Bertz CT molecular complexity index is 492. The van der Waals surface area contributed by atoms with Crippen molar-refractivity contribution in [3.05, 3.63) is 23.8 Å². The molecule has 0 aromatic heterocycles. The van der Waals surface area contributed by atoms with E-state index >= 15 is 0 Å². The molecule has 1 aliphatic rings. The number of rotatable bonds is 5. The smallest absolute Gasteiger partial charge is 0.229 e. The second-order valence-electron chi connectivity index (χ2n) is 5.09. The van der Waals surface area contributed by atoms with E-state index in [9.17, 15) is 20.4 Å². The van der Waals surface area contributed by atoms with Gasteiger partial charge >= 0.3 is 0 Å². The number of ether oxygens (including phenoxy) is 2. The van der Waals surface area contributed by atoms with Crippen molar-refractivity contribution in [3.63, 3.8) is 0 Å². The van der Waals surface area contributed by atoms with Crippen molar-refractivity contribution >= 4 is 0 Å². The SMILES string of the molecule is OCCc1ccc(O[C@@H]2O[C@H](CO)[C@H](O)[C@H](O)[C@H]2O)c(O)c1. The lowest BCUT2D eigenvalue weighted by Crippen LogP contribution is -2.60. The molecule has 22 heavy (non-hydrogen) atoms. The topological polar surface area (TPSA) is 140 Å². The third kappa shape index (κ3) is 3.49. The summed E-state index contributed by atoms with van der Waals surface area (Å²) in [5.41, 5.74) is 0.696. The van der Waals surface area contributed by atoms with Gasteiger partial charge in [0.05, 0.1) is 6.61 Å². The minimum atomic E-state index is -1.55. The van der Waals surface area contributed by atoms with Crippen LogP contribution >= 0.6 is 0 Å². The fourth-order valence-corrected chi connectivity index (χ4v) is 2.24. The molecule has 1 fully saturated rings. The van der Waals surface area contributed by atoms with Gasteiger partial charge in [-0.3, -0.25) is 0 Å². The van der Waals surface area contributed by atoms with Crippen LogP contribution in [0.15, 0.2) is 18.2 Å². The molecule has 1 heterocycles. The van der Waals surface area contributed by atoms with Crippen molar-refractivity contribution in [3.8, 4) is 11.5 Å². The first-order chi connectivity index (χ1) is 10.5. The summed E-state index contributed by atoms with van der Waals surface area (Å²) in [6.07, 6.45) is -6.64. The molecule has 0 amide bonds. The molecule has 5 atom stereocenters. The van der Waals surface area contributed by atoms with Crippen LogP contribution in [0, 0.1) is 0 Å². The number of aliphatic hydroxyl groups excluding tert-OH is 5. The average Bonchev–Trinajstić information content (AvgIpc) is 2.50. The number of phenols is 1. The van der Waals surface area contributed by atoms with Crippen LogP contribution in [0.3, 0.4) is 0 Å². The quantitative estimate of drug-likeness (QED) is 0.370. The van der Waals surface area contributed by atoms with Crippen molar-refractivity contribution in [2.24, 2.45) is 0 Å². The Labute approximate surface area is 126 Å². The summed E-state index contributed by atoms with van der Waals surface area (Å²) in [6.45, 7) is -0.626. The first kappa shape index (κ1) is 16.9. The maximum atomic E-state index is 9.87. The highest BCUT2D eigenvalue weighted by Crippen LogP contribution is 2.31.